The van der Waals surface area contributed by atoms with Gasteiger partial charge in [-0.05, 0) is 31.0 Å². The van der Waals surface area contributed by atoms with E-state index in [4.69, 9.17) is 15.2 Å². The Kier molecular flexibility index (Phi) is 8.29. The summed E-state index contributed by atoms with van der Waals surface area (Å²) in [6.07, 6.45) is 0.595. The van der Waals surface area contributed by atoms with Crippen molar-refractivity contribution in [3.63, 3.8) is 0 Å². The van der Waals surface area contributed by atoms with Gasteiger partial charge in [0.2, 0.25) is 0 Å². The molecule has 1 aromatic carbocycles. The van der Waals surface area contributed by atoms with Crippen LogP contribution in [0.15, 0.2) is 24.3 Å². The SMILES string of the molecule is CC(N)c1ccc(C#CCOCCCOCC(=O)F)cc1. The fourth-order valence-electron chi connectivity index (χ4n) is 1.55. The minimum Gasteiger partial charge on any atom is -0.371 e. The number of benzene rings is 1. The molecule has 1 aromatic rings. The lowest BCUT2D eigenvalue weighted by Gasteiger charge is -2.04. The second-order valence-electron chi connectivity index (χ2n) is 4.53. The molecular formula is C16H20FNO3. The van der Waals surface area contributed by atoms with Gasteiger partial charge in [-0.25, -0.2) is 0 Å². The van der Waals surface area contributed by atoms with Crippen LogP contribution in [0.5, 0.6) is 0 Å². The zero-order valence-corrected chi connectivity index (χ0v) is 12.1. The molecule has 0 amide bonds. The van der Waals surface area contributed by atoms with Crippen molar-refractivity contribution in [2.24, 2.45) is 5.73 Å². The molecule has 0 bridgehead atoms. The lowest BCUT2D eigenvalue weighted by Crippen LogP contribution is -2.06. The van der Waals surface area contributed by atoms with Crippen LogP contribution in [-0.2, 0) is 14.3 Å². The number of carbonyl (C=O) groups is 1. The van der Waals surface area contributed by atoms with Gasteiger partial charge in [0, 0.05) is 18.2 Å². The summed E-state index contributed by atoms with van der Waals surface area (Å²) in [6, 6.07) is 6.32. The van der Waals surface area contributed by atoms with Crippen LogP contribution in [0.1, 0.15) is 30.5 Å². The molecule has 1 atom stereocenters. The molecular weight excluding hydrogens is 273 g/mol. The first-order valence-corrected chi connectivity index (χ1v) is 6.78. The maximum atomic E-state index is 11.8. The fourth-order valence-corrected chi connectivity index (χ4v) is 1.55. The van der Waals surface area contributed by atoms with E-state index in [1.165, 1.54) is 0 Å². The molecule has 0 saturated carbocycles. The van der Waals surface area contributed by atoms with Crippen LogP contribution >= 0.6 is 0 Å². The van der Waals surface area contributed by atoms with E-state index < -0.39 is 12.6 Å². The molecule has 21 heavy (non-hydrogen) atoms. The highest BCUT2D eigenvalue weighted by atomic mass is 19.1. The Morgan fingerprint density at radius 2 is 1.95 bits per heavy atom. The van der Waals surface area contributed by atoms with Crippen molar-refractivity contribution in [3.8, 4) is 11.8 Å². The monoisotopic (exact) mass is 293 g/mol. The third kappa shape index (κ3) is 8.20. The minimum absolute atomic E-state index is 0.0188. The second-order valence-corrected chi connectivity index (χ2v) is 4.53. The molecule has 0 heterocycles. The van der Waals surface area contributed by atoms with Gasteiger partial charge in [0.25, 0.3) is 0 Å². The molecule has 0 fully saturated rings. The van der Waals surface area contributed by atoms with Gasteiger partial charge in [-0.15, -0.1) is 0 Å². The van der Waals surface area contributed by atoms with Gasteiger partial charge in [-0.3, -0.25) is 4.79 Å². The van der Waals surface area contributed by atoms with Crippen molar-refractivity contribution in [1.29, 1.82) is 0 Å². The summed E-state index contributed by atoms with van der Waals surface area (Å²) in [5, 5.41) is 0. The third-order valence-electron chi connectivity index (χ3n) is 2.64. The quantitative estimate of drug-likeness (QED) is 0.452. The summed E-state index contributed by atoms with van der Waals surface area (Å²) in [5.41, 5.74) is 7.75. The highest BCUT2D eigenvalue weighted by molar-refractivity contribution is 5.69. The summed E-state index contributed by atoms with van der Waals surface area (Å²) in [7, 11) is 0. The normalized spacial score (nSPS) is 11.6. The molecule has 0 aromatic heterocycles. The van der Waals surface area contributed by atoms with Crippen LogP contribution in [0.25, 0.3) is 0 Å². The summed E-state index contributed by atoms with van der Waals surface area (Å²) < 4.78 is 21.8. The van der Waals surface area contributed by atoms with Gasteiger partial charge in [0.1, 0.15) is 13.2 Å². The lowest BCUT2D eigenvalue weighted by molar-refractivity contribution is -0.134. The molecule has 0 radical (unpaired) electrons. The third-order valence-corrected chi connectivity index (χ3v) is 2.64. The van der Waals surface area contributed by atoms with Crippen LogP contribution in [0.2, 0.25) is 0 Å². The van der Waals surface area contributed by atoms with Crippen molar-refractivity contribution < 1.29 is 18.7 Å². The van der Waals surface area contributed by atoms with Crippen LogP contribution in [-0.4, -0.2) is 32.5 Å². The smallest absolute Gasteiger partial charge is 0.326 e. The molecule has 4 nitrogen and oxygen atoms in total. The van der Waals surface area contributed by atoms with E-state index in [0.29, 0.717) is 26.2 Å². The summed E-state index contributed by atoms with van der Waals surface area (Å²) >= 11 is 0. The summed E-state index contributed by atoms with van der Waals surface area (Å²) in [6.45, 7) is 2.51. The van der Waals surface area contributed by atoms with E-state index in [-0.39, 0.29) is 6.04 Å². The molecule has 0 aliphatic rings. The molecule has 0 spiro atoms. The maximum absolute atomic E-state index is 11.8. The Hall–Kier alpha value is -1.74. The van der Waals surface area contributed by atoms with E-state index in [1.807, 2.05) is 31.2 Å². The zero-order chi connectivity index (χ0) is 15.5. The predicted molar refractivity (Wildman–Crippen MR) is 78.3 cm³/mol. The van der Waals surface area contributed by atoms with Gasteiger partial charge < -0.3 is 15.2 Å². The standard InChI is InChI=1S/C16H20FNO3/c1-13(18)15-7-5-14(6-8-15)4-2-9-20-10-3-11-21-12-16(17)19/h5-8,13H,3,9-12,18H2,1H3. The van der Waals surface area contributed by atoms with E-state index in [2.05, 4.69) is 11.8 Å². The van der Waals surface area contributed by atoms with Crippen molar-refractivity contribution >= 4 is 6.04 Å². The largest absolute Gasteiger partial charge is 0.371 e. The Morgan fingerprint density at radius 1 is 1.29 bits per heavy atom. The maximum Gasteiger partial charge on any atom is 0.326 e. The van der Waals surface area contributed by atoms with Gasteiger partial charge in [0.15, 0.2) is 0 Å². The van der Waals surface area contributed by atoms with Crippen LogP contribution in [0.4, 0.5) is 4.39 Å². The molecule has 1 rings (SSSR count). The second kappa shape index (κ2) is 10.1. The van der Waals surface area contributed by atoms with Crippen LogP contribution < -0.4 is 5.73 Å². The van der Waals surface area contributed by atoms with Crippen molar-refractivity contribution in [2.45, 2.75) is 19.4 Å². The van der Waals surface area contributed by atoms with E-state index in [9.17, 15) is 9.18 Å². The Morgan fingerprint density at radius 3 is 2.57 bits per heavy atom. The van der Waals surface area contributed by atoms with Gasteiger partial charge in [0.05, 0.1) is 6.61 Å². The van der Waals surface area contributed by atoms with E-state index >= 15 is 0 Å². The number of ether oxygens (including phenoxy) is 2. The van der Waals surface area contributed by atoms with Crippen molar-refractivity contribution in [1.82, 2.24) is 0 Å². The molecule has 0 aliphatic carbocycles. The molecule has 114 valence electrons. The average molecular weight is 293 g/mol. The fraction of sp³-hybridized carbons (Fsp3) is 0.438. The van der Waals surface area contributed by atoms with Gasteiger partial charge >= 0.3 is 6.04 Å². The molecule has 5 heteroatoms. The number of nitrogens with two attached hydrogens (primary N) is 1. The highest BCUT2D eigenvalue weighted by Crippen LogP contribution is 2.09. The van der Waals surface area contributed by atoms with Gasteiger partial charge in [-0.2, -0.15) is 4.39 Å². The minimum atomic E-state index is -1.46. The van der Waals surface area contributed by atoms with Crippen molar-refractivity contribution in [2.75, 3.05) is 26.4 Å². The van der Waals surface area contributed by atoms with Crippen LogP contribution in [0.3, 0.4) is 0 Å². The number of hydrogen-bond acceptors (Lipinski definition) is 4. The first-order valence-electron chi connectivity index (χ1n) is 6.78. The average Bonchev–Trinajstić information content (AvgIpc) is 2.45. The Bertz CT molecular complexity index is 488. The Balaban J connectivity index is 2.14. The van der Waals surface area contributed by atoms with E-state index in [0.717, 1.165) is 11.1 Å². The Labute approximate surface area is 124 Å². The number of carbonyl (C=O) groups excluding carboxylic acids is 1. The molecule has 0 saturated heterocycles. The van der Waals surface area contributed by atoms with Gasteiger partial charge in [-0.1, -0.05) is 24.0 Å². The molecule has 1 unspecified atom stereocenters. The highest BCUT2D eigenvalue weighted by Gasteiger charge is 1.97. The van der Waals surface area contributed by atoms with E-state index in [1.54, 1.807) is 0 Å². The number of rotatable bonds is 8. The molecule has 2 N–H and O–H groups in total. The number of hydrogen-bond donors (Lipinski definition) is 1. The number of halogens is 1. The summed E-state index contributed by atoms with van der Waals surface area (Å²) in [4.78, 5) is 9.96. The first kappa shape index (κ1) is 17.3. The zero-order valence-electron chi connectivity index (χ0n) is 12.1. The van der Waals surface area contributed by atoms with Crippen molar-refractivity contribution in [3.05, 3.63) is 35.4 Å². The topological polar surface area (TPSA) is 61.6 Å². The molecule has 0 aliphatic heterocycles. The van der Waals surface area contributed by atoms with Crippen LogP contribution in [0, 0.1) is 11.8 Å². The first-order chi connectivity index (χ1) is 10.1. The predicted octanol–water partition coefficient (Wildman–Crippen LogP) is 1.98. The lowest BCUT2D eigenvalue weighted by atomic mass is 10.1. The summed E-state index contributed by atoms with van der Waals surface area (Å²) in [5.74, 6) is 5.89.